The Morgan fingerprint density at radius 2 is 2.25 bits per heavy atom. The molecule has 1 heterocycles. The molecule has 0 spiro atoms. The van der Waals surface area contributed by atoms with E-state index >= 15 is 0 Å². The van der Waals surface area contributed by atoms with Crippen molar-refractivity contribution in [1.82, 2.24) is 0 Å². The van der Waals surface area contributed by atoms with Gasteiger partial charge in [0.05, 0.1) is 24.0 Å². The summed E-state index contributed by atoms with van der Waals surface area (Å²) in [6.07, 6.45) is 0.987. The van der Waals surface area contributed by atoms with Crippen LogP contribution in [0.1, 0.15) is 5.76 Å². The van der Waals surface area contributed by atoms with Crippen molar-refractivity contribution in [2.45, 2.75) is 12.7 Å². The maximum absolute atomic E-state index is 9.80. The average molecular weight is 361 g/mol. The van der Waals surface area contributed by atoms with Gasteiger partial charge in [0.15, 0.2) is 0 Å². The molecule has 1 aromatic heterocycles. The zero-order chi connectivity index (χ0) is 14.4. The predicted octanol–water partition coefficient (Wildman–Crippen LogP) is 3.69. The van der Waals surface area contributed by atoms with Crippen molar-refractivity contribution in [3.05, 3.63) is 51.9 Å². The van der Waals surface area contributed by atoms with Crippen LogP contribution >= 0.6 is 27.5 Å². The summed E-state index contributed by atoms with van der Waals surface area (Å²) in [5.74, 6) is 0.741. The second-order valence-corrected chi connectivity index (χ2v) is 5.52. The lowest BCUT2D eigenvalue weighted by Crippen LogP contribution is -2.24. The molecule has 108 valence electrons. The van der Waals surface area contributed by atoms with E-state index in [1.165, 1.54) is 0 Å². The Balaban J connectivity index is 1.69. The van der Waals surface area contributed by atoms with Gasteiger partial charge in [-0.25, -0.2) is 0 Å². The highest BCUT2D eigenvalue weighted by atomic mass is 79.9. The number of ether oxygens (including phenoxy) is 1. The van der Waals surface area contributed by atoms with E-state index in [0.29, 0.717) is 18.2 Å². The third-order valence-electron chi connectivity index (χ3n) is 2.60. The van der Waals surface area contributed by atoms with E-state index in [-0.39, 0.29) is 6.61 Å². The standard InChI is InChI=1S/C14H15BrClNO3/c15-13-4-3-10(6-14(13)16)17-7-11(18)8-19-9-12-2-1-5-20-12/h1-6,11,17-18H,7-9H2. The third kappa shape index (κ3) is 4.83. The first-order valence-electron chi connectivity index (χ1n) is 6.12. The summed E-state index contributed by atoms with van der Waals surface area (Å²) in [4.78, 5) is 0. The van der Waals surface area contributed by atoms with Crippen molar-refractivity contribution in [2.75, 3.05) is 18.5 Å². The predicted molar refractivity (Wildman–Crippen MR) is 82.0 cm³/mol. The van der Waals surface area contributed by atoms with Crippen LogP contribution in [0.2, 0.25) is 5.02 Å². The molecular formula is C14H15BrClNO3. The van der Waals surface area contributed by atoms with Gasteiger partial charge in [0, 0.05) is 16.7 Å². The van der Waals surface area contributed by atoms with Crippen LogP contribution in [0.4, 0.5) is 5.69 Å². The van der Waals surface area contributed by atoms with Crippen molar-refractivity contribution in [2.24, 2.45) is 0 Å². The van der Waals surface area contributed by atoms with Crippen molar-refractivity contribution >= 4 is 33.2 Å². The first-order valence-corrected chi connectivity index (χ1v) is 7.29. The monoisotopic (exact) mass is 359 g/mol. The van der Waals surface area contributed by atoms with Gasteiger partial charge in [-0.3, -0.25) is 0 Å². The van der Waals surface area contributed by atoms with Gasteiger partial charge in [-0.1, -0.05) is 11.6 Å². The summed E-state index contributed by atoms with van der Waals surface area (Å²) in [6, 6.07) is 9.15. The van der Waals surface area contributed by atoms with Crippen LogP contribution in [0, 0.1) is 0 Å². The SMILES string of the molecule is OC(CNc1ccc(Br)c(Cl)c1)COCc1ccco1. The lowest BCUT2D eigenvalue weighted by atomic mass is 10.3. The second-order valence-electron chi connectivity index (χ2n) is 4.26. The van der Waals surface area contributed by atoms with Gasteiger partial charge in [-0.05, 0) is 46.3 Å². The van der Waals surface area contributed by atoms with Gasteiger partial charge in [0.1, 0.15) is 12.4 Å². The number of aliphatic hydroxyl groups is 1. The highest BCUT2D eigenvalue weighted by Gasteiger charge is 2.06. The summed E-state index contributed by atoms with van der Waals surface area (Å²) in [6.45, 7) is 0.974. The largest absolute Gasteiger partial charge is 0.467 e. The summed E-state index contributed by atoms with van der Waals surface area (Å²) in [5.41, 5.74) is 0.850. The number of hydrogen-bond donors (Lipinski definition) is 2. The number of furan rings is 1. The number of aliphatic hydroxyl groups excluding tert-OH is 1. The van der Waals surface area contributed by atoms with Gasteiger partial charge in [0.2, 0.25) is 0 Å². The number of nitrogens with one attached hydrogen (secondary N) is 1. The summed E-state index contributed by atoms with van der Waals surface area (Å²) in [7, 11) is 0. The average Bonchev–Trinajstić information content (AvgIpc) is 2.93. The number of halogens is 2. The molecule has 0 aliphatic carbocycles. The minimum atomic E-state index is -0.604. The zero-order valence-corrected chi connectivity index (χ0v) is 13.0. The Hall–Kier alpha value is -1.01. The second kappa shape index (κ2) is 7.69. The van der Waals surface area contributed by atoms with Crippen LogP contribution < -0.4 is 5.32 Å². The van der Waals surface area contributed by atoms with E-state index in [1.807, 2.05) is 18.2 Å². The van der Waals surface area contributed by atoms with Gasteiger partial charge in [-0.2, -0.15) is 0 Å². The molecule has 2 aromatic rings. The van der Waals surface area contributed by atoms with Crippen LogP contribution in [-0.4, -0.2) is 24.4 Å². The Bertz CT molecular complexity index is 533. The fourth-order valence-corrected chi connectivity index (χ4v) is 2.02. The highest BCUT2D eigenvalue weighted by molar-refractivity contribution is 9.10. The van der Waals surface area contributed by atoms with Crippen LogP contribution in [0.25, 0.3) is 0 Å². The Kier molecular flexibility index (Phi) is 5.91. The van der Waals surface area contributed by atoms with Gasteiger partial charge in [0.25, 0.3) is 0 Å². The van der Waals surface area contributed by atoms with E-state index in [9.17, 15) is 5.11 Å². The molecule has 0 radical (unpaired) electrons. The van der Waals surface area contributed by atoms with Crippen LogP contribution in [0.5, 0.6) is 0 Å². The van der Waals surface area contributed by atoms with Gasteiger partial charge >= 0.3 is 0 Å². The Labute approximate surface area is 130 Å². The summed E-state index contributed by atoms with van der Waals surface area (Å²) in [5, 5.41) is 13.5. The van der Waals surface area contributed by atoms with E-state index in [2.05, 4.69) is 21.2 Å². The highest BCUT2D eigenvalue weighted by Crippen LogP contribution is 2.25. The van der Waals surface area contributed by atoms with E-state index in [1.54, 1.807) is 18.4 Å². The summed E-state index contributed by atoms with van der Waals surface area (Å²) < 4.78 is 11.3. The first-order chi connectivity index (χ1) is 9.65. The van der Waals surface area contributed by atoms with Crippen molar-refractivity contribution in [1.29, 1.82) is 0 Å². The lowest BCUT2D eigenvalue weighted by molar-refractivity contribution is 0.0282. The number of anilines is 1. The topological polar surface area (TPSA) is 54.6 Å². The van der Waals surface area contributed by atoms with E-state index in [4.69, 9.17) is 20.8 Å². The minimum Gasteiger partial charge on any atom is -0.467 e. The molecule has 0 amide bonds. The third-order valence-corrected chi connectivity index (χ3v) is 3.83. The fourth-order valence-electron chi connectivity index (χ4n) is 1.59. The van der Waals surface area contributed by atoms with E-state index in [0.717, 1.165) is 15.9 Å². The maximum atomic E-state index is 9.80. The zero-order valence-electron chi connectivity index (χ0n) is 10.7. The van der Waals surface area contributed by atoms with Crippen molar-refractivity contribution in [3.63, 3.8) is 0 Å². The maximum Gasteiger partial charge on any atom is 0.129 e. The molecule has 1 aromatic carbocycles. The number of rotatable bonds is 7. The lowest BCUT2D eigenvalue weighted by Gasteiger charge is -2.13. The summed E-state index contributed by atoms with van der Waals surface area (Å²) >= 11 is 9.31. The number of hydrogen-bond acceptors (Lipinski definition) is 4. The molecule has 6 heteroatoms. The van der Waals surface area contributed by atoms with Crippen LogP contribution in [0.3, 0.4) is 0 Å². The normalized spacial score (nSPS) is 12.3. The van der Waals surface area contributed by atoms with Crippen LogP contribution in [-0.2, 0) is 11.3 Å². The molecule has 20 heavy (non-hydrogen) atoms. The molecule has 0 saturated carbocycles. The van der Waals surface area contributed by atoms with Crippen molar-refractivity contribution in [3.8, 4) is 0 Å². The smallest absolute Gasteiger partial charge is 0.129 e. The van der Waals surface area contributed by atoms with Gasteiger partial charge < -0.3 is 19.6 Å². The molecule has 0 saturated heterocycles. The minimum absolute atomic E-state index is 0.234. The fraction of sp³-hybridized carbons (Fsp3) is 0.286. The quantitative estimate of drug-likeness (QED) is 0.791. The molecule has 0 fully saturated rings. The molecular weight excluding hydrogens is 346 g/mol. The molecule has 2 N–H and O–H groups in total. The van der Waals surface area contributed by atoms with Crippen molar-refractivity contribution < 1.29 is 14.3 Å². The Morgan fingerprint density at radius 1 is 1.40 bits per heavy atom. The van der Waals surface area contributed by atoms with E-state index < -0.39 is 6.10 Å². The first kappa shape index (κ1) is 15.4. The molecule has 0 aliphatic rings. The Morgan fingerprint density at radius 3 is 2.95 bits per heavy atom. The van der Waals surface area contributed by atoms with Gasteiger partial charge in [-0.15, -0.1) is 0 Å². The molecule has 1 unspecified atom stereocenters. The van der Waals surface area contributed by atoms with Crippen LogP contribution in [0.15, 0.2) is 45.5 Å². The number of benzene rings is 1. The molecule has 0 bridgehead atoms. The molecule has 4 nitrogen and oxygen atoms in total. The molecule has 0 aliphatic heterocycles. The molecule has 2 rings (SSSR count). The molecule has 1 atom stereocenters.